The van der Waals surface area contributed by atoms with E-state index >= 15 is 0 Å². The van der Waals surface area contributed by atoms with E-state index in [-0.39, 0.29) is 4.90 Å². The van der Waals surface area contributed by atoms with Crippen LogP contribution in [0.5, 0.6) is 0 Å². The molecular formula is C17H24N4O2S+2. The minimum absolute atomic E-state index is 0.263. The molecule has 1 saturated heterocycles. The number of likely N-dealkylation sites (N-methyl/N-ethyl adjacent to an activating group) is 1. The summed E-state index contributed by atoms with van der Waals surface area (Å²) in [6.07, 6.45) is 1.70. The first kappa shape index (κ1) is 16.7. The lowest BCUT2D eigenvalue weighted by atomic mass is 10.2. The number of anilines is 2. The average Bonchev–Trinajstić information content (AvgIpc) is 2.56. The number of quaternary nitrogens is 1. The van der Waals surface area contributed by atoms with Crippen molar-refractivity contribution in [2.24, 2.45) is 0 Å². The lowest BCUT2D eigenvalue weighted by molar-refractivity contribution is -0.880. The molecule has 1 aromatic carbocycles. The van der Waals surface area contributed by atoms with Gasteiger partial charge < -0.3 is 4.90 Å². The molecule has 0 atom stereocenters. The molecule has 0 bridgehead atoms. The molecule has 3 rings (SSSR count). The maximum Gasteiger partial charge on any atom is 0.274 e. The lowest BCUT2D eigenvalue weighted by Crippen LogP contribution is -3.12. The Morgan fingerprint density at radius 2 is 1.75 bits per heavy atom. The number of pyridine rings is 1. The highest BCUT2D eigenvalue weighted by Crippen LogP contribution is 2.16. The van der Waals surface area contributed by atoms with E-state index in [1.807, 2.05) is 13.0 Å². The van der Waals surface area contributed by atoms with E-state index < -0.39 is 10.0 Å². The van der Waals surface area contributed by atoms with Gasteiger partial charge >= 0.3 is 0 Å². The first-order valence-corrected chi connectivity index (χ1v) is 9.60. The van der Waals surface area contributed by atoms with Crippen molar-refractivity contribution in [3.05, 3.63) is 48.2 Å². The molecule has 1 aliphatic rings. The van der Waals surface area contributed by atoms with Gasteiger partial charge in [-0.2, -0.15) is 0 Å². The maximum atomic E-state index is 12.4. The molecule has 2 heterocycles. The highest BCUT2D eigenvalue weighted by Gasteiger charge is 2.24. The van der Waals surface area contributed by atoms with Crippen molar-refractivity contribution >= 4 is 21.5 Å². The van der Waals surface area contributed by atoms with Crippen molar-refractivity contribution in [1.29, 1.82) is 0 Å². The van der Waals surface area contributed by atoms with E-state index in [4.69, 9.17) is 0 Å². The number of hydrogen-bond donors (Lipinski definition) is 2. The van der Waals surface area contributed by atoms with Gasteiger partial charge in [-0.25, -0.2) is 13.4 Å². The van der Waals surface area contributed by atoms with Gasteiger partial charge in [0, 0.05) is 6.07 Å². The van der Waals surface area contributed by atoms with Crippen molar-refractivity contribution in [2.75, 3.05) is 42.8 Å². The van der Waals surface area contributed by atoms with Crippen LogP contribution in [-0.2, 0) is 10.0 Å². The summed E-state index contributed by atoms with van der Waals surface area (Å²) in [5, 5.41) is 0. The second-order valence-corrected chi connectivity index (χ2v) is 8.01. The predicted molar refractivity (Wildman–Crippen MR) is 93.8 cm³/mol. The van der Waals surface area contributed by atoms with Crippen LogP contribution in [0.3, 0.4) is 0 Å². The number of rotatable bonds is 4. The Labute approximate surface area is 143 Å². The highest BCUT2D eigenvalue weighted by atomic mass is 32.2. The van der Waals surface area contributed by atoms with E-state index in [9.17, 15) is 8.42 Å². The molecule has 7 heteroatoms. The molecule has 128 valence electrons. The number of sulfonamides is 1. The summed E-state index contributed by atoms with van der Waals surface area (Å²) >= 11 is 0. The van der Waals surface area contributed by atoms with Crippen LogP contribution in [0, 0.1) is 6.92 Å². The van der Waals surface area contributed by atoms with Crippen molar-refractivity contribution in [3.63, 3.8) is 0 Å². The van der Waals surface area contributed by atoms with Gasteiger partial charge in [-0.05, 0) is 25.1 Å². The molecule has 1 aliphatic heterocycles. The van der Waals surface area contributed by atoms with Crippen LogP contribution < -0.4 is 19.5 Å². The number of hydrogen-bond acceptors (Lipinski definition) is 3. The Balaban J connectivity index is 1.70. The Kier molecular flexibility index (Phi) is 4.73. The monoisotopic (exact) mass is 348 g/mol. The van der Waals surface area contributed by atoms with E-state index in [1.54, 1.807) is 36.5 Å². The first-order chi connectivity index (χ1) is 11.4. The minimum Gasteiger partial charge on any atom is -0.331 e. The number of benzene rings is 1. The number of aryl methyl sites for hydroxylation is 1. The summed E-state index contributed by atoms with van der Waals surface area (Å²) in [5.74, 6) is 1.01. The van der Waals surface area contributed by atoms with Crippen LogP contribution in [0.25, 0.3) is 0 Å². The predicted octanol–water partition coefficient (Wildman–Crippen LogP) is -0.0554. The third kappa shape index (κ3) is 3.85. The van der Waals surface area contributed by atoms with Crippen LogP contribution in [-0.4, -0.2) is 41.6 Å². The topological polar surface area (TPSA) is 68.0 Å². The Morgan fingerprint density at radius 1 is 1.08 bits per heavy atom. The summed E-state index contributed by atoms with van der Waals surface area (Å²) in [5.41, 5.74) is 1.56. The number of nitrogens with one attached hydrogen (secondary N) is 3. The second-order valence-electron chi connectivity index (χ2n) is 6.33. The Bertz CT molecular complexity index is 780. The van der Waals surface area contributed by atoms with Gasteiger partial charge in [-0.15, -0.1) is 0 Å². The van der Waals surface area contributed by atoms with Crippen LogP contribution in [0.2, 0.25) is 0 Å². The molecule has 0 radical (unpaired) electrons. The molecule has 3 N–H and O–H groups in total. The van der Waals surface area contributed by atoms with E-state index in [0.717, 1.165) is 37.6 Å². The fourth-order valence-corrected chi connectivity index (χ4v) is 3.79. The largest absolute Gasteiger partial charge is 0.331 e. The second kappa shape index (κ2) is 6.78. The fourth-order valence-electron chi connectivity index (χ4n) is 2.74. The number of piperazine rings is 1. The Morgan fingerprint density at radius 3 is 2.33 bits per heavy atom. The highest BCUT2D eigenvalue weighted by molar-refractivity contribution is 7.92. The Hall–Kier alpha value is -2.12. The fraction of sp³-hybridized carbons (Fsp3) is 0.353. The molecule has 0 unspecified atom stereocenters. The van der Waals surface area contributed by atoms with E-state index in [2.05, 4.69) is 21.7 Å². The van der Waals surface area contributed by atoms with E-state index in [1.165, 1.54) is 4.90 Å². The maximum absolute atomic E-state index is 12.4. The summed E-state index contributed by atoms with van der Waals surface area (Å²) < 4.78 is 27.4. The molecule has 0 saturated carbocycles. The molecule has 0 aliphatic carbocycles. The number of aromatic amines is 1. The molecule has 0 amide bonds. The molecule has 1 fully saturated rings. The van der Waals surface area contributed by atoms with Crippen molar-refractivity contribution in [3.8, 4) is 0 Å². The van der Waals surface area contributed by atoms with Crippen LogP contribution in [0.4, 0.5) is 11.5 Å². The zero-order chi connectivity index (χ0) is 17.2. The van der Waals surface area contributed by atoms with Crippen molar-refractivity contribution < 1.29 is 18.3 Å². The summed E-state index contributed by atoms with van der Waals surface area (Å²) in [4.78, 5) is 7.28. The minimum atomic E-state index is -3.56. The van der Waals surface area contributed by atoms with Gasteiger partial charge in [0.05, 0.1) is 17.6 Å². The summed E-state index contributed by atoms with van der Waals surface area (Å²) in [7, 11) is -1.36. The standard InChI is InChI=1S/C17H22N4O2S/c1-14-3-6-16(7-4-14)24(22,23)19-15-5-8-17(18-13-15)21-11-9-20(2)10-12-21/h3-8,13,19H,9-12H2,1-2H3/p+2. The summed E-state index contributed by atoms with van der Waals surface area (Å²) in [6, 6.07) is 10.5. The van der Waals surface area contributed by atoms with Gasteiger partial charge in [0.1, 0.15) is 32.4 Å². The van der Waals surface area contributed by atoms with Gasteiger partial charge in [-0.1, -0.05) is 17.7 Å². The molecule has 6 nitrogen and oxygen atoms in total. The molecule has 2 aromatic rings. The lowest BCUT2D eigenvalue weighted by Gasteiger charge is -2.25. The van der Waals surface area contributed by atoms with Crippen LogP contribution in [0.15, 0.2) is 47.5 Å². The van der Waals surface area contributed by atoms with E-state index in [0.29, 0.717) is 5.69 Å². The zero-order valence-corrected chi connectivity index (χ0v) is 14.9. The zero-order valence-electron chi connectivity index (χ0n) is 14.0. The van der Waals surface area contributed by atoms with Crippen molar-refractivity contribution in [2.45, 2.75) is 11.8 Å². The van der Waals surface area contributed by atoms with Gasteiger partial charge in [0.15, 0.2) is 0 Å². The average molecular weight is 348 g/mol. The third-order valence-electron chi connectivity index (χ3n) is 4.34. The SMILES string of the molecule is Cc1ccc(S(=O)(=O)Nc2ccc(N3CC[NH+](C)CC3)[nH+]c2)cc1. The summed E-state index contributed by atoms with van der Waals surface area (Å²) in [6.45, 7) is 6.14. The molecule has 0 spiro atoms. The smallest absolute Gasteiger partial charge is 0.274 e. The van der Waals surface area contributed by atoms with Crippen LogP contribution >= 0.6 is 0 Å². The quantitative estimate of drug-likeness (QED) is 0.814. The third-order valence-corrected chi connectivity index (χ3v) is 5.73. The molecular weight excluding hydrogens is 324 g/mol. The van der Waals surface area contributed by atoms with Gasteiger partial charge in [0.2, 0.25) is 0 Å². The van der Waals surface area contributed by atoms with Crippen molar-refractivity contribution in [1.82, 2.24) is 0 Å². The van der Waals surface area contributed by atoms with Gasteiger partial charge in [-0.3, -0.25) is 9.62 Å². The molecule has 1 aromatic heterocycles. The van der Waals surface area contributed by atoms with Crippen LogP contribution in [0.1, 0.15) is 5.56 Å². The number of H-pyrrole nitrogens is 1. The van der Waals surface area contributed by atoms with Gasteiger partial charge in [0.25, 0.3) is 15.8 Å². The number of nitrogens with zero attached hydrogens (tertiary/aromatic N) is 1. The normalized spacial score (nSPS) is 16.2. The number of aromatic nitrogens is 1. The first-order valence-electron chi connectivity index (χ1n) is 8.11. The molecule has 24 heavy (non-hydrogen) atoms.